The lowest BCUT2D eigenvalue weighted by Crippen LogP contribution is -2.37. The van der Waals surface area contributed by atoms with Gasteiger partial charge in [-0.3, -0.25) is 9.89 Å². The predicted octanol–water partition coefficient (Wildman–Crippen LogP) is 3.65. The fourth-order valence-corrected chi connectivity index (χ4v) is 3.62. The Hall–Kier alpha value is -3.13. The molecular formula is C23H28N2O6. The summed E-state index contributed by atoms with van der Waals surface area (Å²) in [6.07, 6.45) is 4.18. The third-order valence-electron chi connectivity index (χ3n) is 5.30. The average molecular weight is 428 g/mol. The van der Waals surface area contributed by atoms with Gasteiger partial charge in [0.15, 0.2) is 0 Å². The molecule has 2 heterocycles. The molecule has 1 aliphatic heterocycles. The molecule has 0 bridgehead atoms. The molecule has 0 saturated carbocycles. The molecule has 0 N–H and O–H groups in total. The second-order valence-corrected chi connectivity index (χ2v) is 7.39. The van der Waals surface area contributed by atoms with Gasteiger partial charge in [-0.1, -0.05) is 30.3 Å². The summed E-state index contributed by atoms with van der Waals surface area (Å²) in [6.45, 7) is 0.713. The standard InChI is InChI=1S/C23H28N2O6/c1-28-21-13-18(15-25(21)23(27)31-16-17-7-4-3-5-8-17)10-11-20(22(26)29-2)24-14-19-9-6-12-30-19/h3-9,12,14,18,20-21H,10-11,13,15-16H2,1-2H3. The molecule has 0 spiro atoms. The molecule has 8 nitrogen and oxygen atoms in total. The first-order chi connectivity index (χ1) is 15.1. The first kappa shape index (κ1) is 22.6. The molecule has 1 saturated heterocycles. The van der Waals surface area contributed by atoms with Crippen LogP contribution in [0.2, 0.25) is 0 Å². The average Bonchev–Trinajstić information content (AvgIpc) is 3.47. The molecule has 0 aliphatic carbocycles. The van der Waals surface area contributed by atoms with Crippen LogP contribution in [0.5, 0.6) is 0 Å². The van der Waals surface area contributed by atoms with Crippen LogP contribution in [-0.2, 0) is 25.6 Å². The first-order valence-electron chi connectivity index (χ1n) is 10.2. The Morgan fingerprint density at radius 2 is 2.03 bits per heavy atom. The van der Waals surface area contributed by atoms with Crippen molar-refractivity contribution in [3.8, 4) is 0 Å². The van der Waals surface area contributed by atoms with Gasteiger partial charge in [0, 0.05) is 13.7 Å². The molecule has 31 heavy (non-hydrogen) atoms. The van der Waals surface area contributed by atoms with E-state index in [1.165, 1.54) is 13.3 Å². The minimum absolute atomic E-state index is 0.167. The minimum Gasteiger partial charge on any atom is -0.467 e. The van der Waals surface area contributed by atoms with E-state index < -0.39 is 18.1 Å². The molecule has 8 heteroatoms. The fourth-order valence-electron chi connectivity index (χ4n) is 3.62. The fraction of sp³-hybridized carbons (Fsp3) is 0.435. The van der Waals surface area contributed by atoms with Gasteiger partial charge in [-0.15, -0.1) is 0 Å². The van der Waals surface area contributed by atoms with Gasteiger partial charge in [-0.2, -0.15) is 0 Å². The molecule has 3 atom stereocenters. The lowest BCUT2D eigenvalue weighted by Gasteiger charge is -2.22. The molecular weight excluding hydrogens is 400 g/mol. The van der Waals surface area contributed by atoms with Crippen molar-refractivity contribution in [1.82, 2.24) is 4.90 Å². The molecule has 3 rings (SSSR count). The van der Waals surface area contributed by atoms with Gasteiger partial charge in [0.2, 0.25) is 0 Å². The topological polar surface area (TPSA) is 90.6 Å². The largest absolute Gasteiger partial charge is 0.467 e. The van der Waals surface area contributed by atoms with Crippen molar-refractivity contribution in [3.05, 3.63) is 60.1 Å². The molecule has 2 aromatic rings. The number of hydrogen-bond acceptors (Lipinski definition) is 7. The highest BCUT2D eigenvalue weighted by Crippen LogP contribution is 2.29. The normalized spacial score (nSPS) is 19.5. The number of nitrogens with zero attached hydrogens (tertiary/aromatic N) is 2. The molecule has 1 aromatic heterocycles. The van der Waals surface area contributed by atoms with Gasteiger partial charge in [-0.05, 0) is 42.9 Å². The van der Waals surface area contributed by atoms with Crippen LogP contribution >= 0.6 is 0 Å². The number of furan rings is 1. The van der Waals surface area contributed by atoms with Crippen LogP contribution in [0.1, 0.15) is 30.6 Å². The van der Waals surface area contributed by atoms with Crippen molar-refractivity contribution in [3.63, 3.8) is 0 Å². The predicted molar refractivity (Wildman–Crippen MR) is 114 cm³/mol. The van der Waals surface area contributed by atoms with E-state index in [1.54, 1.807) is 30.4 Å². The number of methoxy groups -OCH3 is 2. The summed E-state index contributed by atoms with van der Waals surface area (Å²) < 4.78 is 21.0. The van der Waals surface area contributed by atoms with Gasteiger partial charge >= 0.3 is 12.1 Å². The third kappa shape index (κ3) is 6.42. The Labute approximate surface area is 181 Å². The number of likely N-dealkylation sites (tertiary alicyclic amines) is 1. The van der Waals surface area contributed by atoms with E-state index in [0.29, 0.717) is 31.6 Å². The molecule has 1 aromatic carbocycles. The first-order valence-corrected chi connectivity index (χ1v) is 10.2. The number of carbonyl (C=O) groups excluding carboxylic acids is 2. The molecule has 0 radical (unpaired) electrons. The van der Waals surface area contributed by atoms with Gasteiger partial charge in [0.05, 0.1) is 19.6 Å². The summed E-state index contributed by atoms with van der Waals surface area (Å²) in [5.74, 6) is 0.338. The Bertz CT molecular complexity index is 852. The van der Waals surface area contributed by atoms with Crippen molar-refractivity contribution >= 4 is 18.3 Å². The highest BCUT2D eigenvalue weighted by Gasteiger charge is 2.36. The minimum atomic E-state index is -0.629. The van der Waals surface area contributed by atoms with Crippen molar-refractivity contribution in [2.45, 2.75) is 38.1 Å². The van der Waals surface area contributed by atoms with E-state index in [0.717, 1.165) is 5.56 Å². The van der Waals surface area contributed by atoms with Crippen LogP contribution in [0.25, 0.3) is 0 Å². The lowest BCUT2D eigenvalue weighted by molar-refractivity contribution is -0.142. The van der Waals surface area contributed by atoms with Crippen LogP contribution < -0.4 is 0 Å². The van der Waals surface area contributed by atoms with E-state index in [-0.39, 0.29) is 18.8 Å². The smallest absolute Gasteiger partial charge is 0.412 e. The SMILES string of the molecule is COC(=O)C(CCC1CC(OC)N(C(=O)OCc2ccccc2)C1)N=Cc1ccco1. The Kier molecular flexibility index (Phi) is 8.23. The Balaban J connectivity index is 1.53. The van der Waals surface area contributed by atoms with Gasteiger partial charge in [0.25, 0.3) is 0 Å². The zero-order valence-electron chi connectivity index (χ0n) is 17.8. The quantitative estimate of drug-likeness (QED) is 0.447. The van der Waals surface area contributed by atoms with Gasteiger partial charge in [-0.25, -0.2) is 9.59 Å². The monoisotopic (exact) mass is 428 g/mol. The van der Waals surface area contributed by atoms with Gasteiger partial charge in [0.1, 0.15) is 24.6 Å². The van der Waals surface area contributed by atoms with Crippen molar-refractivity contribution < 1.29 is 28.2 Å². The summed E-state index contributed by atoms with van der Waals surface area (Å²) >= 11 is 0. The number of rotatable bonds is 9. The second kappa shape index (κ2) is 11.3. The number of carbonyl (C=O) groups is 2. The van der Waals surface area contributed by atoms with Crippen molar-refractivity contribution in [2.24, 2.45) is 10.9 Å². The second-order valence-electron chi connectivity index (χ2n) is 7.39. The molecule has 1 fully saturated rings. The summed E-state index contributed by atoms with van der Waals surface area (Å²) in [6, 6.07) is 12.4. The summed E-state index contributed by atoms with van der Waals surface area (Å²) in [5, 5.41) is 0. The highest BCUT2D eigenvalue weighted by molar-refractivity contribution is 5.82. The van der Waals surface area contributed by atoms with Crippen molar-refractivity contribution in [1.29, 1.82) is 0 Å². The number of esters is 1. The summed E-state index contributed by atoms with van der Waals surface area (Å²) in [4.78, 5) is 30.6. The maximum Gasteiger partial charge on any atom is 0.412 e. The van der Waals surface area contributed by atoms with Crippen LogP contribution in [0.4, 0.5) is 4.79 Å². The zero-order valence-corrected chi connectivity index (χ0v) is 17.8. The van der Waals surface area contributed by atoms with Crippen LogP contribution in [0.15, 0.2) is 58.1 Å². The highest BCUT2D eigenvalue weighted by atomic mass is 16.6. The van der Waals surface area contributed by atoms with E-state index in [9.17, 15) is 9.59 Å². The van der Waals surface area contributed by atoms with Crippen LogP contribution in [-0.4, -0.2) is 56.2 Å². The Morgan fingerprint density at radius 3 is 2.71 bits per heavy atom. The number of amides is 1. The maximum atomic E-state index is 12.6. The van der Waals surface area contributed by atoms with E-state index in [1.807, 2.05) is 30.3 Å². The summed E-state index contributed by atoms with van der Waals surface area (Å²) in [7, 11) is 2.92. The maximum absolute atomic E-state index is 12.6. The van der Waals surface area contributed by atoms with Crippen molar-refractivity contribution in [2.75, 3.05) is 20.8 Å². The van der Waals surface area contributed by atoms with Crippen LogP contribution in [0.3, 0.4) is 0 Å². The number of hydrogen-bond donors (Lipinski definition) is 0. The summed E-state index contributed by atoms with van der Waals surface area (Å²) in [5.41, 5.74) is 0.927. The van der Waals surface area contributed by atoms with E-state index in [2.05, 4.69) is 4.99 Å². The Morgan fingerprint density at radius 1 is 1.23 bits per heavy atom. The molecule has 166 valence electrons. The van der Waals surface area contributed by atoms with Gasteiger partial charge < -0.3 is 18.6 Å². The zero-order chi connectivity index (χ0) is 22.1. The number of ether oxygens (including phenoxy) is 3. The van der Waals surface area contributed by atoms with E-state index >= 15 is 0 Å². The molecule has 1 aliphatic rings. The third-order valence-corrected chi connectivity index (χ3v) is 5.30. The number of benzene rings is 1. The van der Waals surface area contributed by atoms with E-state index in [4.69, 9.17) is 18.6 Å². The lowest BCUT2D eigenvalue weighted by atomic mass is 9.99. The number of aliphatic imine (C=N–C) groups is 1. The van der Waals surface area contributed by atoms with Crippen LogP contribution in [0, 0.1) is 5.92 Å². The molecule has 3 unspecified atom stereocenters. The molecule has 1 amide bonds.